The van der Waals surface area contributed by atoms with E-state index in [9.17, 15) is 8.42 Å². The van der Waals surface area contributed by atoms with E-state index in [1.807, 2.05) is 14.1 Å². The number of nitrogens with one attached hydrogen (secondary N) is 1. The molecule has 0 amide bonds. The molecule has 1 aromatic rings. The minimum atomic E-state index is -3.59. The Labute approximate surface area is 136 Å². The Morgan fingerprint density at radius 2 is 1.81 bits per heavy atom. The second-order valence-electron chi connectivity index (χ2n) is 5.62. The first kappa shape index (κ1) is 17.0. The van der Waals surface area contributed by atoms with Gasteiger partial charge in [0, 0.05) is 12.1 Å². The summed E-state index contributed by atoms with van der Waals surface area (Å²) < 4.78 is 27.8. The Bertz CT molecular complexity index is 605. The lowest BCUT2D eigenvalue weighted by Crippen LogP contribution is -2.50. The molecule has 0 unspecified atom stereocenters. The van der Waals surface area contributed by atoms with Crippen LogP contribution in [0.15, 0.2) is 23.1 Å². The second kappa shape index (κ2) is 6.84. The van der Waals surface area contributed by atoms with Crippen molar-refractivity contribution in [1.29, 1.82) is 0 Å². The minimum absolute atomic E-state index is 0.0757. The monoisotopic (exact) mass is 350 g/mol. The van der Waals surface area contributed by atoms with Crippen LogP contribution in [0.5, 0.6) is 0 Å². The molecule has 7 heteroatoms. The van der Waals surface area contributed by atoms with E-state index in [4.69, 9.17) is 23.2 Å². The van der Waals surface area contributed by atoms with Gasteiger partial charge in [0.25, 0.3) is 0 Å². The fourth-order valence-electron chi connectivity index (χ4n) is 2.78. The first-order valence-electron chi connectivity index (χ1n) is 6.95. The van der Waals surface area contributed by atoms with Crippen molar-refractivity contribution in [2.45, 2.75) is 42.7 Å². The molecule has 0 heterocycles. The third kappa shape index (κ3) is 4.11. The van der Waals surface area contributed by atoms with Crippen LogP contribution in [0.2, 0.25) is 10.0 Å². The summed E-state index contributed by atoms with van der Waals surface area (Å²) in [6, 6.07) is 4.51. The number of likely N-dealkylation sites (N-methyl/N-ethyl adjacent to an activating group) is 1. The number of hydrogen-bond donors (Lipinski definition) is 1. The third-order valence-electron chi connectivity index (χ3n) is 3.90. The lowest BCUT2D eigenvalue weighted by molar-refractivity contribution is 0.191. The Kier molecular flexibility index (Phi) is 5.54. The molecule has 1 aliphatic carbocycles. The lowest BCUT2D eigenvalue weighted by atomic mass is 9.90. The van der Waals surface area contributed by atoms with E-state index in [0.29, 0.717) is 5.02 Å². The molecule has 0 radical (unpaired) electrons. The summed E-state index contributed by atoms with van der Waals surface area (Å²) in [6.07, 6.45) is 4.03. The van der Waals surface area contributed by atoms with E-state index >= 15 is 0 Å². The van der Waals surface area contributed by atoms with Crippen LogP contribution in [0, 0.1) is 0 Å². The smallest absolute Gasteiger partial charge is 0.240 e. The van der Waals surface area contributed by atoms with Gasteiger partial charge in [0.15, 0.2) is 0 Å². The maximum atomic E-state index is 12.5. The fourth-order valence-corrected chi connectivity index (χ4v) is 4.47. The molecule has 2 atom stereocenters. The quantitative estimate of drug-likeness (QED) is 0.907. The maximum Gasteiger partial charge on any atom is 0.240 e. The van der Waals surface area contributed by atoms with E-state index in [0.717, 1.165) is 25.7 Å². The Hall–Kier alpha value is -0.330. The van der Waals surface area contributed by atoms with Crippen LogP contribution in [-0.2, 0) is 10.0 Å². The summed E-state index contributed by atoms with van der Waals surface area (Å²) in [4.78, 5) is 2.24. The molecule has 1 N–H and O–H groups in total. The van der Waals surface area contributed by atoms with Gasteiger partial charge < -0.3 is 4.90 Å². The zero-order valence-corrected chi connectivity index (χ0v) is 14.5. The van der Waals surface area contributed by atoms with Crippen LogP contribution >= 0.6 is 23.2 Å². The highest BCUT2D eigenvalue weighted by Crippen LogP contribution is 2.27. The van der Waals surface area contributed by atoms with Crippen molar-refractivity contribution in [2.75, 3.05) is 14.1 Å². The van der Waals surface area contributed by atoms with Crippen molar-refractivity contribution < 1.29 is 8.42 Å². The normalized spacial score (nSPS) is 23.5. The van der Waals surface area contributed by atoms with Crippen LogP contribution in [0.1, 0.15) is 25.7 Å². The first-order chi connectivity index (χ1) is 9.81. The van der Waals surface area contributed by atoms with Crippen molar-refractivity contribution >= 4 is 33.2 Å². The highest BCUT2D eigenvalue weighted by molar-refractivity contribution is 7.89. The van der Waals surface area contributed by atoms with Gasteiger partial charge in [-0.3, -0.25) is 0 Å². The molecule has 118 valence electrons. The van der Waals surface area contributed by atoms with Crippen molar-refractivity contribution in [2.24, 2.45) is 0 Å². The van der Waals surface area contributed by atoms with Gasteiger partial charge in [0.1, 0.15) is 0 Å². The molecule has 21 heavy (non-hydrogen) atoms. The molecule has 0 aliphatic heterocycles. The second-order valence-corrected chi connectivity index (χ2v) is 8.15. The summed E-state index contributed by atoms with van der Waals surface area (Å²) in [5.41, 5.74) is 0. The number of rotatable bonds is 4. The Morgan fingerprint density at radius 1 is 1.14 bits per heavy atom. The van der Waals surface area contributed by atoms with E-state index < -0.39 is 10.0 Å². The third-order valence-corrected chi connectivity index (χ3v) is 6.13. The van der Waals surface area contributed by atoms with E-state index in [-0.39, 0.29) is 22.0 Å². The summed E-state index contributed by atoms with van der Waals surface area (Å²) in [6.45, 7) is 0. The summed E-state index contributed by atoms with van der Waals surface area (Å²) in [5, 5.41) is 0.590. The predicted octanol–water partition coefficient (Wildman–Crippen LogP) is 3.14. The van der Waals surface area contributed by atoms with E-state index in [1.54, 1.807) is 0 Å². The summed E-state index contributed by atoms with van der Waals surface area (Å²) in [7, 11) is 0.380. The highest BCUT2D eigenvalue weighted by atomic mass is 35.5. The maximum absolute atomic E-state index is 12.5. The number of sulfonamides is 1. The fraction of sp³-hybridized carbons (Fsp3) is 0.571. The zero-order chi connectivity index (χ0) is 15.6. The van der Waals surface area contributed by atoms with Gasteiger partial charge in [-0.05, 0) is 45.1 Å². The van der Waals surface area contributed by atoms with Crippen LogP contribution in [0.3, 0.4) is 0 Å². The average Bonchev–Trinajstić information content (AvgIpc) is 2.41. The predicted molar refractivity (Wildman–Crippen MR) is 86.5 cm³/mol. The van der Waals surface area contributed by atoms with Gasteiger partial charge in [0.05, 0.1) is 14.9 Å². The largest absolute Gasteiger partial charge is 0.305 e. The van der Waals surface area contributed by atoms with Crippen LogP contribution in [0.4, 0.5) is 0 Å². The molecule has 1 aromatic carbocycles. The standard InChI is InChI=1S/C14H20Cl2N2O2S/c1-18(2)14-6-4-3-5-13(14)17-21(19,20)10-7-8-11(15)12(16)9-10/h7-9,13-14,17H,3-6H2,1-2H3/t13-,14-/m1/s1. The first-order valence-corrected chi connectivity index (χ1v) is 9.19. The van der Waals surface area contributed by atoms with Crippen molar-refractivity contribution in [1.82, 2.24) is 9.62 Å². The molecular weight excluding hydrogens is 331 g/mol. The van der Waals surface area contributed by atoms with E-state index in [2.05, 4.69) is 9.62 Å². The zero-order valence-electron chi connectivity index (χ0n) is 12.1. The van der Waals surface area contributed by atoms with Gasteiger partial charge in [-0.1, -0.05) is 36.0 Å². The van der Waals surface area contributed by atoms with Crippen molar-refractivity contribution in [3.05, 3.63) is 28.2 Å². The van der Waals surface area contributed by atoms with Crippen LogP contribution < -0.4 is 4.72 Å². The molecule has 0 aromatic heterocycles. The molecule has 1 aliphatic rings. The van der Waals surface area contributed by atoms with Gasteiger partial charge in [-0.15, -0.1) is 0 Å². The molecule has 1 fully saturated rings. The molecule has 0 bridgehead atoms. The van der Waals surface area contributed by atoms with Crippen molar-refractivity contribution in [3.8, 4) is 0 Å². The van der Waals surface area contributed by atoms with Crippen molar-refractivity contribution in [3.63, 3.8) is 0 Å². The molecule has 0 saturated heterocycles. The Morgan fingerprint density at radius 3 is 2.43 bits per heavy atom. The van der Waals surface area contributed by atoms with Gasteiger partial charge in [-0.25, -0.2) is 13.1 Å². The number of nitrogens with zero attached hydrogens (tertiary/aromatic N) is 1. The van der Waals surface area contributed by atoms with E-state index in [1.165, 1.54) is 18.2 Å². The molecule has 1 saturated carbocycles. The number of benzene rings is 1. The molecule has 0 spiro atoms. The lowest BCUT2D eigenvalue weighted by Gasteiger charge is -2.36. The van der Waals surface area contributed by atoms with Gasteiger partial charge in [-0.2, -0.15) is 0 Å². The average molecular weight is 351 g/mol. The highest BCUT2D eigenvalue weighted by Gasteiger charge is 2.30. The van der Waals surface area contributed by atoms with Crippen LogP contribution in [0.25, 0.3) is 0 Å². The van der Waals surface area contributed by atoms with Crippen LogP contribution in [-0.4, -0.2) is 39.5 Å². The summed E-state index contributed by atoms with van der Waals surface area (Å²) >= 11 is 11.7. The number of halogens is 2. The topological polar surface area (TPSA) is 49.4 Å². The summed E-state index contributed by atoms with van der Waals surface area (Å²) in [5.74, 6) is 0. The SMILES string of the molecule is CN(C)[C@@H]1CCCC[C@H]1NS(=O)(=O)c1ccc(Cl)c(Cl)c1. The molecule has 4 nitrogen and oxygen atoms in total. The molecular formula is C14H20Cl2N2O2S. The number of hydrogen-bond acceptors (Lipinski definition) is 3. The minimum Gasteiger partial charge on any atom is -0.305 e. The van der Waals surface area contributed by atoms with Gasteiger partial charge >= 0.3 is 0 Å². The Balaban J connectivity index is 2.21. The molecule has 2 rings (SSSR count). The van der Waals surface area contributed by atoms with Gasteiger partial charge in [0.2, 0.25) is 10.0 Å².